The summed E-state index contributed by atoms with van der Waals surface area (Å²) in [5, 5.41) is 9.76. The third kappa shape index (κ3) is 3.30. The summed E-state index contributed by atoms with van der Waals surface area (Å²) in [5.41, 5.74) is 4.95. The molecule has 0 aromatic carbocycles. The Morgan fingerprint density at radius 3 is 2.93 bits per heavy atom. The Morgan fingerprint density at radius 1 is 1.73 bits per heavy atom. The van der Waals surface area contributed by atoms with Crippen molar-refractivity contribution in [1.82, 2.24) is 5.06 Å². The van der Waals surface area contributed by atoms with E-state index >= 15 is 0 Å². The molecule has 0 heterocycles. The Kier molecular flexibility index (Phi) is 4.19. The van der Waals surface area contributed by atoms with Crippen LogP contribution >= 0.6 is 0 Å². The smallest absolute Gasteiger partial charge is 0.339 e. The SMILES string of the molecule is C#CC(CC1CC=CCC1)N(O)C(N)=O. The number of hydrogen-bond donors (Lipinski definition) is 2. The van der Waals surface area contributed by atoms with Crippen molar-refractivity contribution in [2.75, 3.05) is 0 Å². The van der Waals surface area contributed by atoms with Gasteiger partial charge in [-0.2, -0.15) is 5.06 Å². The summed E-state index contributed by atoms with van der Waals surface area (Å²) in [6.45, 7) is 0. The van der Waals surface area contributed by atoms with Crippen LogP contribution in [0.15, 0.2) is 12.2 Å². The number of amides is 2. The quantitative estimate of drug-likeness (QED) is 0.319. The van der Waals surface area contributed by atoms with Crippen LogP contribution in [0, 0.1) is 18.3 Å². The molecule has 0 aromatic rings. The van der Waals surface area contributed by atoms with E-state index in [9.17, 15) is 10.0 Å². The molecule has 4 nitrogen and oxygen atoms in total. The Hall–Kier alpha value is -1.47. The topological polar surface area (TPSA) is 66.6 Å². The Balaban J connectivity index is 2.50. The number of allylic oxidation sites excluding steroid dienone is 2. The summed E-state index contributed by atoms with van der Waals surface area (Å²) in [6, 6.07) is -1.51. The fraction of sp³-hybridized carbons (Fsp3) is 0.545. The van der Waals surface area contributed by atoms with Crippen LogP contribution in [0.25, 0.3) is 0 Å². The maximum Gasteiger partial charge on any atom is 0.339 e. The number of rotatable bonds is 3. The van der Waals surface area contributed by atoms with Crippen molar-refractivity contribution in [2.45, 2.75) is 31.7 Å². The van der Waals surface area contributed by atoms with Crippen LogP contribution < -0.4 is 5.73 Å². The van der Waals surface area contributed by atoms with Crippen LogP contribution in [0.2, 0.25) is 0 Å². The lowest BCUT2D eigenvalue weighted by Gasteiger charge is -2.25. The van der Waals surface area contributed by atoms with Gasteiger partial charge >= 0.3 is 6.03 Å². The zero-order chi connectivity index (χ0) is 11.3. The highest BCUT2D eigenvalue weighted by Gasteiger charge is 2.22. The van der Waals surface area contributed by atoms with Gasteiger partial charge < -0.3 is 5.73 Å². The highest BCUT2D eigenvalue weighted by Crippen LogP contribution is 2.24. The number of urea groups is 1. The zero-order valence-electron chi connectivity index (χ0n) is 8.60. The van der Waals surface area contributed by atoms with E-state index in [4.69, 9.17) is 12.2 Å². The maximum absolute atomic E-state index is 10.7. The van der Waals surface area contributed by atoms with Gasteiger partial charge in [0.25, 0.3) is 0 Å². The molecule has 82 valence electrons. The zero-order valence-corrected chi connectivity index (χ0v) is 8.60. The Bertz CT molecular complexity index is 293. The maximum atomic E-state index is 10.7. The number of carbonyl (C=O) groups is 1. The van der Waals surface area contributed by atoms with Gasteiger partial charge in [0, 0.05) is 0 Å². The summed E-state index contributed by atoms with van der Waals surface area (Å²) in [7, 11) is 0. The number of nitrogens with two attached hydrogens (primary N) is 1. The van der Waals surface area contributed by atoms with E-state index in [-0.39, 0.29) is 0 Å². The van der Waals surface area contributed by atoms with Gasteiger partial charge in [-0.05, 0) is 31.6 Å². The van der Waals surface area contributed by atoms with E-state index < -0.39 is 12.1 Å². The molecule has 1 aliphatic carbocycles. The van der Waals surface area contributed by atoms with Crippen molar-refractivity contribution >= 4 is 6.03 Å². The van der Waals surface area contributed by atoms with E-state index in [0.717, 1.165) is 19.3 Å². The molecule has 2 atom stereocenters. The van der Waals surface area contributed by atoms with Crippen LogP contribution in [0.5, 0.6) is 0 Å². The lowest BCUT2D eigenvalue weighted by atomic mass is 9.89. The molecule has 0 aromatic heterocycles. The molecule has 1 aliphatic rings. The molecule has 0 spiro atoms. The molecule has 4 heteroatoms. The summed E-state index contributed by atoms with van der Waals surface area (Å²) >= 11 is 0. The van der Waals surface area contributed by atoms with Gasteiger partial charge in [0.2, 0.25) is 0 Å². The first-order valence-corrected chi connectivity index (χ1v) is 5.03. The second-order valence-electron chi connectivity index (χ2n) is 3.75. The van der Waals surface area contributed by atoms with E-state index in [2.05, 4.69) is 18.1 Å². The van der Waals surface area contributed by atoms with E-state index in [1.54, 1.807) is 0 Å². The molecule has 0 radical (unpaired) electrons. The second-order valence-corrected chi connectivity index (χ2v) is 3.75. The number of carbonyl (C=O) groups excluding carboxylic acids is 1. The van der Waals surface area contributed by atoms with Crippen LogP contribution in [-0.2, 0) is 0 Å². The third-order valence-corrected chi connectivity index (χ3v) is 2.65. The van der Waals surface area contributed by atoms with E-state index in [1.165, 1.54) is 0 Å². The molecule has 15 heavy (non-hydrogen) atoms. The highest BCUT2D eigenvalue weighted by molar-refractivity contribution is 5.71. The summed E-state index contributed by atoms with van der Waals surface area (Å²) in [5.74, 6) is 2.80. The number of hydroxylamine groups is 2. The number of terminal acetylenes is 1. The predicted octanol–water partition coefficient (Wildman–Crippen LogP) is 1.50. The molecule has 0 saturated heterocycles. The summed E-state index contributed by atoms with van der Waals surface area (Å²) in [6.07, 6.45) is 13.1. The van der Waals surface area contributed by atoms with Crippen LogP contribution in [0.4, 0.5) is 4.79 Å². The average molecular weight is 208 g/mol. The minimum Gasteiger partial charge on any atom is -0.350 e. The van der Waals surface area contributed by atoms with E-state index in [1.807, 2.05) is 0 Å². The monoisotopic (exact) mass is 208 g/mol. The van der Waals surface area contributed by atoms with Crippen molar-refractivity contribution in [3.8, 4) is 12.3 Å². The fourth-order valence-electron chi connectivity index (χ4n) is 1.78. The average Bonchev–Trinajstić information content (AvgIpc) is 2.26. The van der Waals surface area contributed by atoms with Crippen molar-refractivity contribution in [2.24, 2.45) is 11.7 Å². The second kappa shape index (κ2) is 5.42. The first kappa shape index (κ1) is 11.6. The molecular weight excluding hydrogens is 192 g/mol. The van der Waals surface area contributed by atoms with Crippen LogP contribution in [0.1, 0.15) is 25.7 Å². The molecule has 2 unspecified atom stereocenters. The Labute approximate surface area is 89.7 Å². The van der Waals surface area contributed by atoms with Crippen molar-refractivity contribution in [3.63, 3.8) is 0 Å². The lowest BCUT2D eigenvalue weighted by molar-refractivity contribution is -0.0639. The van der Waals surface area contributed by atoms with Gasteiger partial charge in [-0.25, -0.2) is 4.79 Å². The normalized spacial score (nSPS) is 21.7. The number of primary amides is 1. The molecule has 0 fully saturated rings. The minimum atomic E-state index is -0.899. The Morgan fingerprint density at radius 2 is 2.47 bits per heavy atom. The largest absolute Gasteiger partial charge is 0.350 e. The van der Waals surface area contributed by atoms with Gasteiger partial charge in [0.05, 0.1) is 0 Å². The third-order valence-electron chi connectivity index (χ3n) is 2.65. The van der Waals surface area contributed by atoms with Crippen molar-refractivity contribution in [3.05, 3.63) is 12.2 Å². The molecule has 3 N–H and O–H groups in total. The van der Waals surface area contributed by atoms with Gasteiger partial charge in [-0.3, -0.25) is 5.21 Å². The molecule has 0 saturated carbocycles. The van der Waals surface area contributed by atoms with Gasteiger partial charge in [-0.1, -0.05) is 18.1 Å². The van der Waals surface area contributed by atoms with Crippen LogP contribution in [0.3, 0.4) is 0 Å². The van der Waals surface area contributed by atoms with Crippen LogP contribution in [-0.4, -0.2) is 22.3 Å². The first-order chi connectivity index (χ1) is 7.15. The predicted molar refractivity (Wildman–Crippen MR) is 56.9 cm³/mol. The highest BCUT2D eigenvalue weighted by atomic mass is 16.5. The molecule has 1 rings (SSSR count). The first-order valence-electron chi connectivity index (χ1n) is 5.03. The fourth-order valence-corrected chi connectivity index (χ4v) is 1.78. The summed E-state index contributed by atoms with van der Waals surface area (Å²) < 4.78 is 0. The standard InChI is InChI=1S/C11H16N2O2/c1-2-10(13(15)11(12)14)8-9-6-4-3-5-7-9/h1,3-4,9-10,15H,5-8H2,(H2,12,14). The van der Waals surface area contributed by atoms with Gasteiger partial charge in [0.1, 0.15) is 6.04 Å². The van der Waals surface area contributed by atoms with Gasteiger partial charge in [0.15, 0.2) is 0 Å². The van der Waals surface area contributed by atoms with Crippen molar-refractivity contribution < 1.29 is 10.0 Å². The van der Waals surface area contributed by atoms with E-state index in [0.29, 0.717) is 17.4 Å². The number of nitrogens with zero attached hydrogens (tertiary/aromatic N) is 1. The summed E-state index contributed by atoms with van der Waals surface area (Å²) in [4.78, 5) is 10.7. The lowest BCUT2D eigenvalue weighted by Crippen LogP contribution is -2.41. The van der Waals surface area contributed by atoms with Gasteiger partial charge in [-0.15, -0.1) is 6.42 Å². The molecule has 2 amide bonds. The molecule has 0 aliphatic heterocycles. The minimum absolute atomic E-state index is 0.421. The molecular formula is C11H16N2O2. The number of hydrogen-bond acceptors (Lipinski definition) is 2. The molecule has 0 bridgehead atoms. The van der Waals surface area contributed by atoms with Crippen molar-refractivity contribution in [1.29, 1.82) is 0 Å².